The fourth-order valence-electron chi connectivity index (χ4n) is 3.49. The van der Waals surface area contributed by atoms with Gasteiger partial charge in [0.25, 0.3) is 0 Å². The molecule has 0 bridgehead atoms. The summed E-state index contributed by atoms with van der Waals surface area (Å²) in [7, 11) is 0. The Bertz CT molecular complexity index is 415. The fraction of sp³-hybridized carbons (Fsp3) is 0.941. The summed E-state index contributed by atoms with van der Waals surface area (Å²) >= 11 is 0. The lowest BCUT2D eigenvalue weighted by molar-refractivity contribution is -0.0671. The van der Waals surface area contributed by atoms with Gasteiger partial charge in [0, 0.05) is 0 Å². The molecule has 2 fully saturated rings. The smallest absolute Gasteiger partial charge is 0.412 e. The molecule has 1 saturated heterocycles. The van der Waals surface area contributed by atoms with Crippen molar-refractivity contribution in [2.24, 2.45) is 5.92 Å². The van der Waals surface area contributed by atoms with E-state index in [0.29, 0.717) is 12.5 Å². The van der Waals surface area contributed by atoms with Crippen molar-refractivity contribution in [1.82, 2.24) is 4.90 Å². The van der Waals surface area contributed by atoms with Crippen LogP contribution in [0.15, 0.2) is 0 Å². The third kappa shape index (κ3) is 3.93. The van der Waals surface area contributed by atoms with Crippen LogP contribution in [0.25, 0.3) is 0 Å². The largest absolute Gasteiger partial charge is 0.444 e. The molecule has 0 aromatic carbocycles. The third-order valence-electron chi connectivity index (χ3n) is 4.76. The minimum atomic E-state index is -0.646. The maximum absolute atomic E-state index is 12.6. The van der Waals surface area contributed by atoms with Crippen molar-refractivity contribution in [3.05, 3.63) is 0 Å². The van der Waals surface area contributed by atoms with Crippen LogP contribution >= 0.6 is 0 Å². The van der Waals surface area contributed by atoms with E-state index in [0.717, 1.165) is 25.7 Å². The van der Waals surface area contributed by atoms with Crippen molar-refractivity contribution in [2.45, 2.75) is 90.2 Å². The van der Waals surface area contributed by atoms with Crippen molar-refractivity contribution in [3.63, 3.8) is 0 Å². The van der Waals surface area contributed by atoms with E-state index in [2.05, 4.69) is 0 Å². The lowest BCUT2D eigenvalue weighted by Gasteiger charge is -2.41. The zero-order chi connectivity index (χ0) is 16.8. The van der Waals surface area contributed by atoms with E-state index in [4.69, 9.17) is 9.47 Å². The molecule has 1 unspecified atom stereocenters. The van der Waals surface area contributed by atoms with Crippen LogP contribution in [-0.4, -0.2) is 45.7 Å². The average molecular weight is 313 g/mol. The first-order chi connectivity index (χ1) is 9.91. The Labute approximate surface area is 134 Å². The molecule has 1 heterocycles. The van der Waals surface area contributed by atoms with Crippen LogP contribution in [0.5, 0.6) is 0 Å². The Morgan fingerprint density at radius 3 is 2.27 bits per heavy atom. The van der Waals surface area contributed by atoms with Crippen molar-refractivity contribution >= 4 is 6.09 Å². The molecule has 0 aromatic rings. The van der Waals surface area contributed by atoms with Gasteiger partial charge in [0.05, 0.1) is 18.2 Å². The topological polar surface area (TPSA) is 59.0 Å². The van der Waals surface area contributed by atoms with Gasteiger partial charge in [-0.05, 0) is 73.1 Å². The molecule has 2 aliphatic rings. The summed E-state index contributed by atoms with van der Waals surface area (Å²) in [6, 6.07) is 0.0287. The van der Waals surface area contributed by atoms with Gasteiger partial charge in [0.2, 0.25) is 0 Å². The lowest BCUT2D eigenvalue weighted by atomic mass is 9.76. The van der Waals surface area contributed by atoms with E-state index in [-0.39, 0.29) is 12.1 Å². The predicted octanol–water partition coefficient (Wildman–Crippen LogP) is 3.30. The molecule has 128 valence electrons. The van der Waals surface area contributed by atoms with E-state index in [1.807, 2.05) is 41.5 Å². The second-order valence-electron chi connectivity index (χ2n) is 8.51. The van der Waals surface area contributed by atoms with Gasteiger partial charge in [-0.25, -0.2) is 4.79 Å². The standard InChI is InChI=1S/C17H31NO4/c1-15(2,3)22-14(19)18-13(11-21-16(18,4)5)12-7-9-17(6,20)10-8-12/h12-13,20H,7-11H2,1-6H3. The molecule has 0 aromatic heterocycles. The first kappa shape index (κ1) is 17.5. The van der Waals surface area contributed by atoms with E-state index in [9.17, 15) is 9.90 Å². The molecule has 0 radical (unpaired) electrons. The Kier molecular flexibility index (Phi) is 4.53. The van der Waals surface area contributed by atoms with E-state index < -0.39 is 16.9 Å². The number of nitrogens with zero attached hydrogens (tertiary/aromatic N) is 1. The fourth-order valence-corrected chi connectivity index (χ4v) is 3.49. The molecule has 1 amide bonds. The highest BCUT2D eigenvalue weighted by Gasteiger charge is 2.49. The first-order valence-corrected chi connectivity index (χ1v) is 8.30. The monoisotopic (exact) mass is 313 g/mol. The summed E-state index contributed by atoms with van der Waals surface area (Å²) in [4.78, 5) is 14.4. The van der Waals surface area contributed by atoms with Crippen LogP contribution in [-0.2, 0) is 9.47 Å². The minimum Gasteiger partial charge on any atom is -0.444 e. The zero-order valence-corrected chi connectivity index (χ0v) is 14.8. The number of carbonyl (C=O) groups excluding carboxylic acids is 1. The Morgan fingerprint density at radius 2 is 1.77 bits per heavy atom. The summed E-state index contributed by atoms with van der Waals surface area (Å²) < 4.78 is 11.4. The van der Waals surface area contributed by atoms with E-state index in [1.165, 1.54) is 0 Å². The molecule has 1 saturated carbocycles. The Balaban J connectivity index is 2.12. The molecule has 1 N–H and O–H groups in total. The van der Waals surface area contributed by atoms with Crippen LogP contribution in [0, 0.1) is 5.92 Å². The lowest BCUT2D eigenvalue weighted by Crippen LogP contribution is -2.52. The highest BCUT2D eigenvalue weighted by molar-refractivity contribution is 5.69. The van der Waals surface area contributed by atoms with Gasteiger partial charge in [-0.1, -0.05) is 0 Å². The van der Waals surface area contributed by atoms with Gasteiger partial charge in [0.1, 0.15) is 11.3 Å². The van der Waals surface area contributed by atoms with Gasteiger partial charge >= 0.3 is 6.09 Å². The predicted molar refractivity (Wildman–Crippen MR) is 84.5 cm³/mol. The molecule has 5 heteroatoms. The van der Waals surface area contributed by atoms with Crippen LogP contribution in [0.1, 0.15) is 67.2 Å². The highest BCUT2D eigenvalue weighted by Crippen LogP contribution is 2.40. The normalized spacial score (nSPS) is 35.5. The molecule has 1 aliphatic heterocycles. The van der Waals surface area contributed by atoms with Crippen LogP contribution in [0.2, 0.25) is 0 Å². The van der Waals surface area contributed by atoms with Gasteiger partial charge in [-0.3, -0.25) is 4.90 Å². The first-order valence-electron chi connectivity index (χ1n) is 8.30. The van der Waals surface area contributed by atoms with Gasteiger partial charge < -0.3 is 14.6 Å². The second kappa shape index (κ2) is 5.68. The molecule has 5 nitrogen and oxygen atoms in total. The number of rotatable bonds is 1. The van der Waals surface area contributed by atoms with Crippen LogP contribution < -0.4 is 0 Å². The Morgan fingerprint density at radius 1 is 1.23 bits per heavy atom. The summed E-state index contributed by atoms with van der Waals surface area (Å²) in [6.07, 6.45) is 3.07. The third-order valence-corrected chi connectivity index (χ3v) is 4.76. The van der Waals surface area contributed by atoms with Crippen molar-refractivity contribution in [1.29, 1.82) is 0 Å². The highest BCUT2D eigenvalue weighted by atomic mass is 16.6. The van der Waals surface area contributed by atoms with Crippen molar-refractivity contribution in [2.75, 3.05) is 6.61 Å². The van der Waals surface area contributed by atoms with Crippen LogP contribution in [0.4, 0.5) is 4.79 Å². The summed E-state index contributed by atoms with van der Waals surface area (Å²) in [6.45, 7) is 11.9. The molecule has 2 rings (SSSR count). The summed E-state index contributed by atoms with van der Waals surface area (Å²) in [5.74, 6) is 0.356. The zero-order valence-electron chi connectivity index (χ0n) is 14.8. The summed E-state index contributed by atoms with van der Waals surface area (Å²) in [5.41, 5.74) is -1.73. The van der Waals surface area contributed by atoms with Crippen LogP contribution in [0.3, 0.4) is 0 Å². The number of amides is 1. The van der Waals surface area contributed by atoms with Gasteiger partial charge in [-0.2, -0.15) is 0 Å². The number of hydrogen-bond donors (Lipinski definition) is 1. The van der Waals surface area contributed by atoms with Gasteiger partial charge in [-0.15, -0.1) is 0 Å². The molecule has 22 heavy (non-hydrogen) atoms. The number of carbonyl (C=O) groups is 1. The molecular weight excluding hydrogens is 282 g/mol. The molecule has 0 spiro atoms. The maximum Gasteiger partial charge on any atom is 0.412 e. The maximum atomic E-state index is 12.6. The minimum absolute atomic E-state index is 0.0287. The number of ether oxygens (including phenoxy) is 2. The summed E-state index contributed by atoms with van der Waals surface area (Å²) in [5, 5.41) is 10.1. The number of hydrogen-bond acceptors (Lipinski definition) is 4. The SMILES string of the molecule is CC1(O)CCC(C2COC(C)(C)N2C(=O)OC(C)(C)C)CC1. The molecule has 1 atom stereocenters. The quantitative estimate of drug-likeness (QED) is 0.807. The molecular formula is C17H31NO4. The van der Waals surface area contributed by atoms with Gasteiger partial charge in [0.15, 0.2) is 0 Å². The van der Waals surface area contributed by atoms with E-state index >= 15 is 0 Å². The average Bonchev–Trinajstić information content (AvgIpc) is 2.62. The van der Waals surface area contributed by atoms with Crippen molar-refractivity contribution in [3.8, 4) is 0 Å². The number of aliphatic hydroxyl groups is 1. The molecule has 1 aliphatic carbocycles. The van der Waals surface area contributed by atoms with E-state index in [1.54, 1.807) is 4.90 Å². The Hall–Kier alpha value is -0.810. The van der Waals surface area contributed by atoms with Crippen molar-refractivity contribution < 1.29 is 19.4 Å². The second-order valence-corrected chi connectivity index (χ2v) is 8.51.